The van der Waals surface area contributed by atoms with E-state index in [4.69, 9.17) is 5.11 Å². The number of aliphatic hydroxyl groups is 1. The van der Waals surface area contributed by atoms with E-state index < -0.39 is 15.7 Å². The Labute approximate surface area is 111 Å². The first-order chi connectivity index (χ1) is 9.03. The second-order valence-corrected chi connectivity index (χ2v) is 6.12. The molecule has 0 aliphatic heterocycles. The summed E-state index contributed by atoms with van der Waals surface area (Å²) in [4.78, 5) is -0.291. The van der Waals surface area contributed by atoms with Crippen LogP contribution in [0.1, 0.15) is 11.1 Å². The van der Waals surface area contributed by atoms with Crippen molar-refractivity contribution in [3.05, 3.63) is 65.5 Å². The average Bonchev–Trinajstić information content (AvgIpc) is 2.39. The molecule has 1 N–H and O–H groups in total. The molecule has 0 saturated carbocycles. The lowest BCUT2D eigenvalue weighted by atomic mass is 10.2. The zero-order chi connectivity index (χ0) is 13.9. The molecule has 0 unspecified atom stereocenters. The van der Waals surface area contributed by atoms with E-state index in [1.54, 1.807) is 24.3 Å². The van der Waals surface area contributed by atoms with Crippen molar-refractivity contribution in [2.45, 2.75) is 17.3 Å². The standard InChI is InChI=1S/C14H13FO3S/c15-13-3-1-2-4-14(13)19(17,18)10-12-7-5-11(9-16)6-8-12/h1-8,16H,9-10H2. The van der Waals surface area contributed by atoms with Crippen LogP contribution in [0.4, 0.5) is 4.39 Å². The quantitative estimate of drug-likeness (QED) is 0.935. The van der Waals surface area contributed by atoms with Crippen LogP contribution in [0.15, 0.2) is 53.4 Å². The molecule has 2 rings (SSSR count). The number of halogens is 1. The van der Waals surface area contributed by atoms with E-state index in [2.05, 4.69) is 0 Å². The number of hydrogen-bond acceptors (Lipinski definition) is 3. The van der Waals surface area contributed by atoms with Gasteiger partial charge in [-0.25, -0.2) is 12.8 Å². The Balaban J connectivity index is 2.28. The van der Waals surface area contributed by atoms with Gasteiger partial charge in [-0.1, -0.05) is 36.4 Å². The van der Waals surface area contributed by atoms with Crippen molar-refractivity contribution >= 4 is 9.84 Å². The Hall–Kier alpha value is -1.72. The largest absolute Gasteiger partial charge is 0.392 e. The third kappa shape index (κ3) is 3.19. The Kier molecular flexibility index (Phi) is 3.97. The lowest BCUT2D eigenvalue weighted by Crippen LogP contribution is -2.07. The molecular weight excluding hydrogens is 267 g/mol. The Morgan fingerprint density at radius 1 is 0.947 bits per heavy atom. The van der Waals surface area contributed by atoms with Crippen LogP contribution in [0.5, 0.6) is 0 Å². The SMILES string of the molecule is O=S(=O)(Cc1ccc(CO)cc1)c1ccccc1F. The highest BCUT2D eigenvalue weighted by Crippen LogP contribution is 2.19. The highest BCUT2D eigenvalue weighted by molar-refractivity contribution is 7.90. The van der Waals surface area contributed by atoms with Gasteiger partial charge >= 0.3 is 0 Å². The molecule has 0 fully saturated rings. The maximum Gasteiger partial charge on any atom is 0.185 e. The van der Waals surface area contributed by atoms with Crippen molar-refractivity contribution < 1.29 is 17.9 Å². The molecule has 0 aliphatic carbocycles. The molecule has 5 heteroatoms. The van der Waals surface area contributed by atoms with Crippen LogP contribution in [0.2, 0.25) is 0 Å². The summed E-state index contributed by atoms with van der Waals surface area (Å²) >= 11 is 0. The molecule has 0 aliphatic rings. The second kappa shape index (κ2) is 5.50. The first-order valence-corrected chi connectivity index (χ1v) is 7.34. The molecule has 2 aromatic rings. The normalized spacial score (nSPS) is 11.5. The van der Waals surface area contributed by atoms with Gasteiger partial charge in [-0.2, -0.15) is 0 Å². The molecule has 100 valence electrons. The van der Waals surface area contributed by atoms with Crippen molar-refractivity contribution in [2.24, 2.45) is 0 Å². The van der Waals surface area contributed by atoms with Gasteiger partial charge in [-0.05, 0) is 23.3 Å². The molecule has 0 radical (unpaired) electrons. The van der Waals surface area contributed by atoms with Crippen LogP contribution >= 0.6 is 0 Å². The molecule has 0 aromatic heterocycles. The van der Waals surface area contributed by atoms with Crippen molar-refractivity contribution in [1.82, 2.24) is 0 Å². The minimum atomic E-state index is -3.70. The van der Waals surface area contributed by atoms with E-state index >= 15 is 0 Å². The summed E-state index contributed by atoms with van der Waals surface area (Å²) in [6.07, 6.45) is 0. The summed E-state index contributed by atoms with van der Waals surface area (Å²) in [7, 11) is -3.70. The minimum Gasteiger partial charge on any atom is -0.392 e. The van der Waals surface area contributed by atoms with Crippen LogP contribution in [0.3, 0.4) is 0 Å². The first-order valence-electron chi connectivity index (χ1n) is 5.69. The van der Waals surface area contributed by atoms with Crippen LogP contribution in [-0.2, 0) is 22.2 Å². The number of sulfone groups is 1. The van der Waals surface area contributed by atoms with Crippen molar-refractivity contribution in [3.8, 4) is 0 Å². The van der Waals surface area contributed by atoms with Crippen LogP contribution in [0.25, 0.3) is 0 Å². The molecule has 0 heterocycles. The van der Waals surface area contributed by atoms with Gasteiger partial charge in [0.15, 0.2) is 9.84 Å². The fourth-order valence-corrected chi connectivity index (χ4v) is 3.17. The average molecular weight is 280 g/mol. The lowest BCUT2D eigenvalue weighted by Gasteiger charge is -2.06. The smallest absolute Gasteiger partial charge is 0.185 e. The molecular formula is C14H13FO3S. The summed E-state index contributed by atoms with van der Waals surface area (Å²) in [6.45, 7) is -0.0969. The zero-order valence-electron chi connectivity index (χ0n) is 10.1. The molecule has 2 aromatic carbocycles. The molecule has 0 amide bonds. The van der Waals surface area contributed by atoms with E-state index in [0.717, 1.165) is 6.07 Å². The molecule has 3 nitrogen and oxygen atoms in total. The molecule has 19 heavy (non-hydrogen) atoms. The van der Waals surface area contributed by atoms with E-state index in [1.165, 1.54) is 18.2 Å². The lowest BCUT2D eigenvalue weighted by molar-refractivity contribution is 0.282. The van der Waals surface area contributed by atoms with Crippen LogP contribution in [0, 0.1) is 5.82 Å². The Bertz CT molecular complexity index is 663. The van der Waals surface area contributed by atoms with Gasteiger partial charge in [0.2, 0.25) is 0 Å². The summed E-state index contributed by atoms with van der Waals surface area (Å²) in [5.74, 6) is -1.01. The molecule has 0 atom stereocenters. The maximum absolute atomic E-state index is 13.5. The highest BCUT2D eigenvalue weighted by atomic mass is 32.2. The number of rotatable bonds is 4. The number of hydrogen-bond donors (Lipinski definition) is 1. The van der Waals surface area contributed by atoms with Gasteiger partial charge in [0, 0.05) is 0 Å². The third-order valence-electron chi connectivity index (χ3n) is 2.73. The summed E-state index contributed by atoms with van der Waals surface area (Å²) in [5.41, 5.74) is 1.26. The Morgan fingerprint density at radius 2 is 1.53 bits per heavy atom. The number of benzene rings is 2. The highest BCUT2D eigenvalue weighted by Gasteiger charge is 2.19. The summed E-state index contributed by atoms with van der Waals surface area (Å²) < 4.78 is 37.7. The van der Waals surface area contributed by atoms with Gasteiger partial charge in [0.05, 0.1) is 12.4 Å². The van der Waals surface area contributed by atoms with Crippen LogP contribution in [-0.4, -0.2) is 13.5 Å². The van der Waals surface area contributed by atoms with Crippen molar-refractivity contribution in [2.75, 3.05) is 0 Å². The fourth-order valence-electron chi connectivity index (χ4n) is 1.74. The van der Waals surface area contributed by atoms with E-state index in [-0.39, 0.29) is 17.3 Å². The van der Waals surface area contributed by atoms with Crippen LogP contribution < -0.4 is 0 Å². The molecule has 0 saturated heterocycles. The number of aliphatic hydroxyl groups excluding tert-OH is 1. The topological polar surface area (TPSA) is 54.4 Å². The van der Waals surface area contributed by atoms with Crippen molar-refractivity contribution in [1.29, 1.82) is 0 Å². The maximum atomic E-state index is 13.5. The fraction of sp³-hybridized carbons (Fsp3) is 0.143. The van der Waals surface area contributed by atoms with Crippen molar-refractivity contribution in [3.63, 3.8) is 0 Å². The van der Waals surface area contributed by atoms with E-state index in [9.17, 15) is 12.8 Å². The summed E-state index contributed by atoms with van der Waals surface area (Å²) in [6, 6.07) is 11.8. The minimum absolute atomic E-state index is 0.0969. The van der Waals surface area contributed by atoms with Gasteiger partial charge < -0.3 is 5.11 Å². The molecule has 0 bridgehead atoms. The van der Waals surface area contributed by atoms with Gasteiger partial charge in [0.25, 0.3) is 0 Å². The van der Waals surface area contributed by atoms with E-state index in [1.807, 2.05) is 0 Å². The van der Waals surface area contributed by atoms with Gasteiger partial charge in [0.1, 0.15) is 10.7 Å². The monoisotopic (exact) mass is 280 g/mol. The first kappa shape index (κ1) is 13.7. The molecule has 0 spiro atoms. The van der Waals surface area contributed by atoms with Gasteiger partial charge in [-0.15, -0.1) is 0 Å². The van der Waals surface area contributed by atoms with E-state index in [0.29, 0.717) is 11.1 Å². The predicted molar refractivity (Wildman–Crippen MR) is 69.7 cm³/mol. The summed E-state index contributed by atoms with van der Waals surface area (Å²) in [5, 5.41) is 8.91. The second-order valence-electron chi connectivity index (χ2n) is 4.16. The third-order valence-corrected chi connectivity index (χ3v) is 4.45. The van der Waals surface area contributed by atoms with Gasteiger partial charge in [-0.3, -0.25) is 0 Å². The Morgan fingerprint density at radius 3 is 2.11 bits per heavy atom. The predicted octanol–water partition coefficient (Wildman–Crippen LogP) is 2.29. The zero-order valence-corrected chi connectivity index (χ0v) is 10.9.